The minimum absolute atomic E-state index is 0.125. The first-order valence-corrected chi connectivity index (χ1v) is 7.98. The summed E-state index contributed by atoms with van der Waals surface area (Å²) in [6.45, 7) is 12.9. The Balaban J connectivity index is 2.96. The molecule has 1 aliphatic rings. The quantitative estimate of drug-likeness (QED) is 0.551. The smallest absolute Gasteiger partial charge is 0.316 e. The second-order valence-corrected chi connectivity index (χ2v) is 6.88. The number of amides is 1. The molecule has 0 aromatic heterocycles. The Kier molecular flexibility index (Phi) is 6.66. The lowest BCUT2D eigenvalue weighted by Crippen LogP contribution is -2.43. The number of aliphatic carboxylic acids is 1. The third kappa shape index (κ3) is 5.62. The van der Waals surface area contributed by atoms with Gasteiger partial charge in [0.05, 0.1) is 6.42 Å². The summed E-state index contributed by atoms with van der Waals surface area (Å²) in [6, 6.07) is 0. The molecule has 0 fully saturated rings. The van der Waals surface area contributed by atoms with Crippen molar-refractivity contribution in [2.24, 2.45) is 22.9 Å². The third-order valence-electron chi connectivity index (χ3n) is 3.52. The van der Waals surface area contributed by atoms with Crippen molar-refractivity contribution in [1.29, 1.82) is 0 Å². The highest BCUT2D eigenvalue weighted by atomic mass is 16.4. The van der Waals surface area contributed by atoms with Crippen LogP contribution in [0.5, 0.6) is 0 Å². The third-order valence-corrected chi connectivity index (χ3v) is 3.52. The van der Waals surface area contributed by atoms with Crippen molar-refractivity contribution in [3.63, 3.8) is 0 Å². The van der Waals surface area contributed by atoms with Crippen molar-refractivity contribution in [2.75, 3.05) is 20.1 Å². The van der Waals surface area contributed by atoms with E-state index in [1.165, 1.54) is 0 Å². The topological polar surface area (TPSA) is 73.0 Å². The SMILES string of the molecule is C=C1C=C(CC(C(=O)O)C(=O)N(CC(C)C)CC(C)C)[N+](C)=N1. The van der Waals surface area contributed by atoms with Gasteiger partial charge >= 0.3 is 5.97 Å². The van der Waals surface area contributed by atoms with Crippen LogP contribution in [0, 0.1) is 17.8 Å². The first kappa shape index (κ1) is 19.1. The van der Waals surface area contributed by atoms with Gasteiger partial charge in [0.1, 0.15) is 11.6 Å². The Labute approximate surface area is 138 Å². The van der Waals surface area contributed by atoms with E-state index in [9.17, 15) is 14.7 Å². The number of carboxylic acids is 1. The van der Waals surface area contributed by atoms with Gasteiger partial charge in [-0.3, -0.25) is 9.59 Å². The predicted octanol–water partition coefficient (Wildman–Crippen LogP) is 2.72. The van der Waals surface area contributed by atoms with Crippen LogP contribution in [-0.4, -0.2) is 46.7 Å². The molecule has 1 N–H and O–H groups in total. The minimum Gasteiger partial charge on any atom is -0.481 e. The van der Waals surface area contributed by atoms with Crippen LogP contribution in [0.3, 0.4) is 0 Å². The first-order valence-electron chi connectivity index (χ1n) is 7.98. The predicted molar refractivity (Wildman–Crippen MR) is 87.8 cm³/mol. The molecule has 0 aromatic carbocycles. The van der Waals surface area contributed by atoms with E-state index >= 15 is 0 Å². The molecule has 1 amide bonds. The van der Waals surface area contributed by atoms with Crippen molar-refractivity contribution in [2.45, 2.75) is 34.1 Å². The summed E-state index contributed by atoms with van der Waals surface area (Å²) in [7, 11) is 1.73. The number of hydrogen-bond acceptors (Lipinski definition) is 3. The molecule has 0 spiro atoms. The largest absolute Gasteiger partial charge is 0.481 e. The lowest BCUT2D eigenvalue weighted by Gasteiger charge is -2.28. The highest BCUT2D eigenvalue weighted by Gasteiger charge is 2.35. The minimum atomic E-state index is -1.10. The molecular weight excluding hydrogens is 294 g/mol. The van der Waals surface area contributed by atoms with Crippen LogP contribution >= 0.6 is 0 Å². The molecule has 1 atom stereocenters. The molecule has 6 heteroatoms. The van der Waals surface area contributed by atoms with E-state index in [1.54, 1.807) is 22.7 Å². The van der Waals surface area contributed by atoms with E-state index in [2.05, 4.69) is 11.7 Å². The Morgan fingerprint density at radius 3 is 2.13 bits per heavy atom. The van der Waals surface area contributed by atoms with E-state index in [0.29, 0.717) is 24.5 Å². The molecule has 1 heterocycles. The van der Waals surface area contributed by atoms with Crippen LogP contribution in [0.15, 0.2) is 29.2 Å². The van der Waals surface area contributed by atoms with Crippen molar-refractivity contribution >= 4 is 11.9 Å². The maximum absolute atomic E-state index is 12.8. The average Bonchev–Trinajstić information content (AvgIpc) is 2.71. The van der Waals surface area contributed by atoms with E-state index < -0.39 is 11.9 Å². The number of carboxylic acid groups (broad SMARTS) is 1. The van der Waals surface area contributed by atoms with Gasteiger partial charge in [-0.1, -0.05) is 39.0 Å². The van der Waals surface area contributed by atoms with Gasteiger partial charge in [0.15, 0.2) is 7.05 Å². The molecule has 0 aliphatic carbocycles. The van der Waals surface area contributed by atoms with Crippen molar-refractivity contribution in [3.8, 4) is 0 Å². The molecule has 23 heavy (non-hydrogen) atoms. The lowest BCUT2D eigenvalue weighted by molar-refractivity contribution is -0.511. The fourth-order valence-corrected chi connectivity index (χ4v) is 2.61. The van der Waals surface area contributed by atoms with Crippen molar-refractivity contribution in [1.82, 2.24) is 4.90 Å². The average molecular weight is 322 g/mol. The van der Waals surface area contributed by atoms with Crippen LogP contribution in [0.25, 0.3) is 0 Å². The molecular formula is C17H28N3O3+. The summed E-state index contributed by atoms with van der Waals surface area (Å²) in [5.41, 5.74) is 1.27. The van der Waals surface area contributed by atoms with Gasteiger partial charge in [0.2, 0.25) is 11.6 Å². The van der Waals surface area contributed by atoms with Gasteiger partial charge in [-0.05, 0) is 17.0 Å². The van der Waals surface area contributed by atoms with E-state index in [0.717, 1.165) is 0 Å². The van der Waals surface area contributed by atoms with Crippen molar-refractivity contribution in [3.05, 3.63) is 24.0 Å². The Bertz CT molecular complexity index is 537. The van der Waals surface area contributed by atoms with Gasteiger partial charge < -0.3 is 10.0 Å². The highest BCUT2D eigenvalue weighted by molar-refractivity contribution is 5.97. The maximum atomic E-state index is 12.8. The van der Waals surface area contributed by atoms with Gasteiger partial charge in [-0.25, -0.2) is 0 Å². The standard InChI is InChI=1S/C17H27N3O3/c1-11(2)9-20(10-12(3)4)16(21)15(17(22)23)8-14-7-13(5)18-19(14)6/h7,11-12,15H,5,8-10H2,1-4,6H3/p+1. The van der Waals surface area contributed by atoms with Crippen LogP contribution in [0.2, 0.25) is 0 Å². The number of hydrogen-bond donors (Lipinski definition) is 1. The number of carbonyl (C=O) groups excluding carboxylic acids is 1. The Hall–Kier alpha value is -1.98. The molecule has 1 aliphatic heterocycles. The van der Waals surface area contributed by atoms with E-state index in [4.69, 9.17) is 0 Å². The number of nitrogens with zero attached hydrogens (tertiary/aromatic N) is 3. The molecule has 0 aromatic rings. The molecule has 0 saturated carbocycles. The first-order chi connectivity index (χ1) is 10.6. The van der Waals surface area contributed by atoms with Crippen LogP contribution in [-0.2, 0) is 9.59 Å². The van der Waals surface area contributed by atoms with E-state index in [1.807, 2.05) is 27.7 Å². The summed E-state index contributed by atoms with van der Waals surface area (Å²) in [4.78, 5) is 26.1. The number of rotatable bonds is 8. The fraction of sp³-hybridized carbons (Fsp3) is 0.647. The summed E-state index contributed by atoms with van der Waals surface area (Å²) in [5, 5.41) is 13.6. The molecule has 0 bridgehead atoms. The van der Waals surface area contributed by atoms with Gasteiger partial charge in [-0.2, -0.15) is 0 Å². The molecule has 6 nitrogen and oxygen atoms in total. The second-order valence-electron chi connectivity index (χ2n) is 6.88. The fourth-order valence-electron chi connectivity index (χ4n) is 2.61. The monoisotopic (exact) mass is 322 g/mol. The van der Waals surface area contributed by atoms with E-state index in [-0.39, 0.29) is 24.2 Å². The zero-order valence-corrected chi connectivity index (χ0v) is 14.7. The summed E-state index contributed by atoms with van der Waals surface area (Å²) < 4.78 is 1.58. The van der Waals surface area contributed by atoms with Gasteiger partial charge in [0, 0.05) is 19.2 Å². The zero-order valence-electron chi connectivity index (χ0n) is 14.7. The molecule has 1 rings (SSSR count). The van der Waals surface area contributed by atoms with Gasteiger partial charge in [0.25, 0.3) is 0 Å². The van der Waals surface area contributed by atoms with Crippen LogP contribution < -0.4 is 0 Å². The molecule has 1 unspecified atom stereocenters. The van der Waals surface area contributed by atoms with Gasteiger partial charge in [-0.15, -0.1) is 0 Å². The number of carbonyl (C=O) groups is 2. The Morgan fingerprint density at radius 1 is 1.26 bits per heavy atom. The summed E-state index contributed by atoms with van der Waals surface area (Å²) in [5.74, 6) is -1.95. The zero-order chi connectivity index (χ0) is 17.7. The van der Waals surface area contributed by atoms with Crippen LogP contribution in [0.4, 0.5) is 0 Å². The summed E-state index contributed by atoms with van der Waals surface area (Å²) >= 11 is 0. The molecule has 0 saturated heterocycles. The number of allylic oxidation sites excluding steroid dienone is 2. The number of azo groups is 2. The van der Waals surface area contributed by atoms with Crippen molar-refractivity contribution < 1.29 is 19.4 Å². The highest BCUT2D eigenvalue weighted by Crippen LogP contribution is 2.22. The second kappa shape index (κ2) is 8.04. The van der Waals surface area contributed by atoms with Crippen LogP contribution in [0.1, 0.15) is 34.1 Å². The Morgan fingerprint density at radius 2 is 1.78 bits per heavy atom. The normalized spacial score (nSPS) is 15.7. The summed E-state index contributed by atoms with van der Waals surface area (Å²) in [6.07, 6.45) is 1.85. The lowest BCUT2D eigenvalue weighted by atomic mass is 9.99. The molecule has 0 radical (unpaired) electrons. The molecule has 128 valence electrons. The maximum Gasteiger partial charge on any atom is 0.316 e.